The van der Waals surface area contributed by atoms with Crippen LogP contribution in [-0.2, 0) is 19.0 Å². The van der Waals surface area contributed by atoms with Crippen LogP contribution in [-0.4, -0.2) is 65.6 Å². The molecule has 0 bridgehead atoms. The third-order valence-electron chi connectivity index (χ3n) is 4.15. The van der Waals surface area contributed by atoms with Crippen molar-refractivity contribution in [2.24, 2.45) is 0 Å². The maximum atomic E-state index is 8.00. The average molecular weight is 406 g/mol. The molecule has 0 amide bonds. The zero-order chi connectivity index (χ0) is 21.3. The Labute approximate surface area is 174 Å². The van der Waals surface area contributed by atoms with Crippen molar-refractivity contribution in [1.29, 1.82) is 0 Å². The van der Waals surface area contributed by atoms with E-state index in [0.29, 0.717) is 39.1 Å². The first-order valence-electron chi connectivity index (χ1n) is 10.0. The van der Waals surface area contributed by atoms with E-state index in [-0.39, 0.29) is 6.10 Å². The minimum Gasteiger partial charge on any atom is -0.490 e. The second-order valence-electron chi connectivity index (χ2n) is 6.80. The third kappa shape index (κ3) is 10.4. The molecule has 0 fully saturated rings. The fourth-order valence-electron chi connectivity index (χ4n) is 2.69. The topological polar surface area (TPSA) is 66.0 Å². The molecular formula is C23H35NO5. The Hall–Kier alpha value is -1.99. The number of nitrogens with one attached hydrogen (secondary N) is 1. The van der Waals surface area contributed by atoms with Gasteiger partial charge in [-0.15, -0.1) is 0 Å². The summed E-state index contributed by atoms with van der Waals surface area (Å²) in [6.07, 6.45) is 0.848. The molecular weight excluding hydrogens is 370 g/mol. The van der Waals surface area contributed by atoms with Crippen molar-refractivity contribution in [3.8, 4) is 5.75 Å². The number of ether oxygens (including phenoxy) is 4. The number of fused-ring (bicyclic) bond motifs is 1. The van der Waals surface area contributed by atoms with E-state index in [0.717, 1.165) is 24.1 Å². The SMILES string of the molecule is C=O.COCCOCCCO[C@@H](CNC(C)C)COc1cccc2ccccc12. The molecule has 0 aromatic heterocycles. The molecule has 6 heteroatoms. The van der Waals surface area contributed by atoms with Gasteiger partial charge in [-0.3, -0.25) is 0 Å². The molecule has 0 saturated carbocycles. The third-order valence-corrected chi connectivity index (χ3v) is 4.15. The fourth-order valence-corrected chi connectivity index (χ4v) is 2.69. The molecule has 2 aromatic rings. The summed E-state index contributed by atoms with van der Waals surface area (Å²) in [5.41, 5.74) is 0. The molecule has 29 heavy (non-hydrogen) atoms. The van der Waals surface area contributed by atoms with Crippen molar-refractivity contribution in [3.05, 3.63) is 42.5 Å². The predicted molar refractivity (Wildman–Crippen MR) is 117 cm³/mol. The van der Waals surface area contributed by atoms with Gasteiger partial charge in [0.25, 0.3) is 0 Å². The predicted octanol–water partition coefficient (Wildman–Crippen LogP) is 3.47. The van der Waals surface area contributed by atoms with E-state index < -0.39 is 0 Å². The Balaban J connectivity index is 0.00000204. The number of benzene rings is 2. The standard InChI is InChI=1S/C22H33NO4.CH2O/c1-18(2)23-16-20(26-13-7-12-25-15-14-24-3)17-27-22-11-6-9-19-8-4-5-10-21(19)22;1-2/h4-6,8-11,18,20,23H,7,12-17H2,1-3H3;1H2/t20-;/m0./s1. The largest absolute Gasteiger partial charge is 0.490 e. The van der Waals surface area contributed by atoms with Gasteiger partial charge in [0.1, 0.15) is 25.2 Å². The number of hydrogen-bond donors (Lipinski definition) is 1. The summed E-state index contributed by atoms with van der Waals surface area (Å²) in [4.78, 5) is 8.00. The van der Waals surface area contributed by atoms with Crippen LogP contribution in [0.3, 0.4) is 0 Å². The zero-order valence-corrected chi connectivity index (χ0v) is 17.9. The minimum atomic E-state index is -0.00894. The average Bonchev–Trinajstić information content (AvgIpc) is 2.75. The van der Waals surface area contributed by atoms with Crippen LogP contribution in [0, 0.1) is 0 Å². The highest BCUT2D eigenvalue weighted by Gasteiger charge is 2.12. The summed E-state index contributed by atoms with van der Waals surface area (Å²) < 4.78 is 22.6. The van der Waals surface area contributed by atoms with Crippen molar-refractivity contribution in [2.45, 2.75) is 32.4 Å². The van der Waals surface area contributed by atoms with E-state index in [1.807, 2.05) is 31.1 Å². The first kappa shape index (κ1) is 25.0. The molecule has 2 rings (SSSR count). The molecule has 162 valence electrons. The van der Waals surface area contributed by atoms with Crippen molar-refractivity contribution in [2.75, 3.05) is 46.7 Å². The van der Waals surface area contributed by atoms with Gasteiger partial charge in [-0.1, -0.05) is 50.2 Å². The zero-order valence-electron chi connectivity index (χ0n) is 17.9. The van der Waals surface area contributed by atoms with E-state index in [9.17, 15) is 0 Å². The van der Waals surface area contributed by atoms with Crippen molar-refractivity contribution in [3.63, 3.8) is 0 Å². The van der Waals surface area contributed by atoms with Gasteiger partial charge in [-0.2, -0.15) is 0 Å². The summed E-state index contributed by atoms with van der Waals surface area (Å²) in [5, 5.41) is 5.74. The van der Waals surface area contributed by atoms with E-state index in [2.05, 4.69) is 37.4 Å². The van der Waals surface area contributed by atoms with Crippen LogP contribution < -0.4 is 10.1 Å². The lowest BCUT2D eigenvalue weighted by Crippen LogP contribution is -2.37. The quantitative estimate of drug-likeness (QED) is 0.486. The fraction of sp³-hybridized carbons (Fsp3) is 0.522. The Kier molecular flexibility index (Phi) is 13.7. The van der Waals surface area contributed by atoms with E-state index >= 15 is 0 Å². The molecule has 2 aromatic carbocycles. The molecule has 6 nitrogen and oxygen atoms in total. The van der Waals surface area contributed by atoms with Gasteiger partial charge in [0, 0.05) is 38.3 Å². The van der Waals surface area contributed by atoms with E-state index in [4.69, 9.17) is 23.7 Å². The summed E-state index contributed by atoms with van der Waals surface area (Å²) in [6, 6.07) is 14.8. The highest BCUT2D eigenvalue weighted by molar-refractivity contribution is 5.88. The number of carbonyl (C=O) groups is 1. The lowest BCUT2D eigenvalue weighted by molar-refractivity contribution is -0.0979. The van der Waals surface area contributed by atoms with Crippen LogP contribution in [0.25, 0.3) is 10.8 Å². The second-order valence-corrected chi connectivity index (χ2v) is 6.80. The molecule has 0 aliphatic rings. The van der Waals surface area contributed by atoms with Gasteiger partial charge < -0.3 is 29.1 Å². The molecule has 0 radical (unpaired) electrons. The van der Waals surface area contributed by atoms with Gasteiger partial charge in [-0.25, -0.2) is 0 Å². The number of carbonyl (C=O) groups excluding carboxylic acids is 1. The van der Waals surface area contributed by atoms with E-state index in [1.165, 1.54) is 5.39 Å². The Morgan fingerprint density at radius 2 is 1.72 bits per heavy atom. The second kappa shape index (κ2) is 15.9. The van der Waals surface area contributed by atoms with Gasteiger partial charge in [0.05, 0.1) is 13.2 Å². The highest BCUT2D eigenvalue weighted by atomic mass is 16.5. The van der Waals surface area contributed by atoms with Crippen LogP contribution in [0.15, 0.2) is 42.5 Å². The first-order chi connectivity index (χ1) is 14.2. The number of rotatable bonds is 14. The summed E-state index contributed by atoms with van der Waals surface area (Å²) in [6.45, 7) is 10.1. The van der Waals surface area contributed by atoms with Gasteiger partial charge >= 0.3 is 0 Å². The Bertz CT molecular complexity index is 659. The van der Waals surface area contributed by atoms with Crippen LogP contribution in [0.1, 0.15) is 20.3 Å². The molecule has 0 aliphatic heterocycles. The minimum absolute atomic E-state index is 0.00894. The lowest BCUT2D eigenvalue weighted by atomic mass is 10.1. The van der Waals surface area contributed by atoms with Crippen LogP contribution in [0.4, 0.5) is 0 Å². The number of methoxy groups -OCH3 is 1. The molecule has 0 spiro atoms. The Morgan fingerprint density at radius 3 is 2.48 bits per heavy atom. The van der Waals surface area contributed by atoms with E-state index in [1.54, 1.807) is 7.11 Å². The van der Waals surface area contributed by atoms with Crippen LogP contribution >= 0.6 is 0 Å². The van der Waals surface area contributed by atoms with Gasteiger partial charge in [0.2, 0.25) is 0 Å². The van der Waals surface area contributed by atoms with Crippen molar-refractivity contribution in [1.82, 2.24) is 5.32 Å². The molecule has 0 unspecified atom stereocenters. The maximum absolute atomic E-state index is 8.00. The van der Waals surface area contributed by atoms with Crippen molar-refractivity contribution >= 4 is 17.6 Å². The first-order valence-corrected chi connectivity index (χ1v) is 10.0. The lowest BCUT2D eigenvalue weighted by Gasteiger charge is -2.21. The van der Waals surface area contributed by atoms with Crippen LogP contribution in [0.2, 0.25) is 0 Å². The molecule has 1 atom stereocenters. The Morgan fingerprint density at radius 1 is 0.966 bits per heavy atom. The number of hydrogen-bond acceptors (Lipinski definition) is 6. The monoisotopic (exact) mass is 405 g/mol. The molecule has 1 N–H and O–H groups in total. The molecule has 0 aliphatic carbocycles. The van der Waals surface area contributed by atoms with Crippen molar-refractivity contribution < 1.29 is 23.7 Å². The normalized spacial score (nSPS) is 11.9. The summed E-state index contributed by atoms with van der Waals surface area (Å²) in [5.74, 6) is 0.897. The molecule has 0 saturated heterocycles. The van der Waals surface area contributed by atoms with Gasteiger partial charge in [-0.05, 0) is 17.9 Å². The summed E-state index contributed by atoms with van der Waals surface area (Å²) >= 11 is 0. The highest BCUT2D eigenvalue weighted by Crippen LogP contribution is 2.25. The smallest absolute Gasteiger partial charge is 0.127 e. The summed E-state index contributed by atoms with van der Waals surface area (Å²) in [7, 11) is 1.68. The maximum Gasteiger partial charge on any atom is 0.127 e. The molecule has 0 heterocycles. The van der Waals surface area contributed by atoms with Crippen LogP contribution in [0.5, 0.6) is 5.75 Å². The van der Waals surface area contributed by atoms with Gasteiger partial charge in [0.15, 0.2) is 0 Å².